The zero-order chi connectivity index (χ0) is 16.3. The molecule has 1 heterocycles. The van der Waals surface area contributed by atoms with Crippen LogP contribution in [0.4, 0.5) is 4.79 Å². The molecule has 1 fully saturated rings. The highest BCUT2D eigenvalue weighted by atomic mass is 35.5. The smallest absolute Gasteiger partial charge is 0.410 e. The van der Waals surface area contributed by atoms with E-state index in [0.717, 1.165) is 12.1 Å². The van der Waals surface area contributed by atoms with E-state index in [1.807, 2.05) is 32.9 Å². The fourth-order valence-electron chi connectivity index (χ4n) is 2.52. The molecule has 0 radical (unpaired) electrons. The zero-order valence-electron chi connectivity index (χ0n) is 13.5. The number of carbonyl (C=O) groups excluding carboxylic acids is 1. The molecule has 2 rings (SSSR count). The number of amides is 1. The fraction of sp³-hybridized carbons (Fsp3) is 0.562. The lowest BCUT2D eigenvalue weighted by molar-refractivity contribution is 0.0116. The molecule has 1 atom stereocenters. The highest BCUT2D eigenvalue weighted by Crippen LogP contribution is 2.36. The first kappa shape index (κ1) is 16.9. The van der Waals surface area contributed by atoms with Crippen molar-refractivity contribution < 1.29 is 14.3 Å². The van der Waals surface area contributed by atoms with Crippen molar-refractivity contribution >= 4 is 17.7 Å². The van der Waals surface area contributed by atoms with Crippen LogP contribution in [0.2, 0.25) is 5.02 Å². The summed E-state index contributed by atoms with van der Waals surface area (Å²) in [4.78, 5) is 14.2. The van der Waals surface area contributed by atoms with Crippen LogP contribution in [0.5, 0.6) is 5.75 Å². The summed E-state index contributed by atoms with van der Waals surface area (Å²) >= 11 is 6.36. The van der Waals surface area contributed by atoms with E-state index >= 15 is 0 Å². The molecular formula is C16H23ClN2O3. The Morgan fingerprint density at radius 3 is 2.77 bits per heavy atom. The number of ether oxygens (including phenoxy) is 2. The van der Waals surface area contributed by atoms with Crippen molar-refractivity contribution in [3.05, 3.63) is 28.8 Å². The van der Waals surface area contributed by atoms with Crippen LogP contribution in [0, 0.1) is 0 Å². The van der Waals surface area contributed by atoms with E-state index in [1.54, 1.807) is 18.1 Å². The summed E-state index contributed by atoms with van der Waals surface area (Å²) in [6.07, 6.45) is -0.332. The molecule has 1 aliphatic rings. The van der Waals surface area contributed by atoms with Crippen LogP contribution in [-0.2, 0) is 4.74 Å². The SMILES string of the molecule is COc1cccc(Cl)c1C1CNCCN1C(=O)OC(C)(C)C. The summed E-state index contributed by atoms with van der Waals surface area (Å²) in [6.45, 7) is 7.48. The molecule has 1 unspecified atom stereocenters. The summed E-state index contributed by atoms with van der Waals surface area (Å²) in [5, 5.41) is 3.88. The predicted molar refractivity (Wildman–Crippen MR) is 86.6 cm³/mol. The second-order valence-corrected chi connectivity index (χ2v) is 6.66. The van der Waals surface area contributed by atoms with E-state index in [-0.39, 0.29) is 12.1 Å². The summed E-state index contributed by atoms with van der Waals surface area (Å²) in [6, 6.07) is 5.27. The molecule has 0 saturated carbocycles. The lowest BCUT2D eigenvalue weighted by Gasteiger charge is -2.38. The van der Waals surface area contributed by atoms with Gasteiger partial charge < -0.3 is 14.8 Å². The van der Waals surface area contributed by atoms with Gasteiger partial charge in [-0.15, -0.1) is 0 Å². The molecule has 1 saturated heterocycles. The molecule has 1 amide bonds. The van der Waals surface area contributed by atoms with Gasteiger partial charge in [0.05, 0.1) is 13.2 Å². The van der Waals surface area contributed by atoms with Gasteiger partial charge in [-0.3, -0.25) is 4.90 Å². The average molecular weight is 327 g/mol. The van der Waals surface area contributed by atoms with E-state index in [0.29, 0.717) is 23.9 Å². The Morgan fingerprint density at radius 1 is 1.41 bits per heavy atom. The van der Waals surface area contributed by atoms with Crippen LogP contribution in [0.15, 0.2) is 18.2 Å². The van der Waals surface area contributed by atoms with Crippen molar-refractivity contribution in [1.29, 1.82) is 0 Å². The standard InChI is InChI=1S/C16H23ClN2O3/c1-16(2,3)22-15(20)19-9-8-18-10-12(19)14-11(17)6-5-7-13(14)21-4/h5-7,12,18H,8-10H2,1-4H3. The quantitative estimate of drug-likeness (QED) is 0.906. The monoisotopic (exact) mass is 326 g/mol. The van der Waals surface area contributed by atoms with Gasteiger partial charge in [-0.05, 0) is 32.9 Å². The molecule has 0 spiro atoms. The molecule has 1 aromatic carbocycles. The molecule has 1 N–H and O–H groups in total. The van der Waals surface area contributed by atoms with Crippen LogP contribution in [0.1, 0.15) is 32.4 Å². The second kappa shape index (κ2) is 6.75. The third-order valence-corrected chi connectivity index (χ3v) is 3.77. The Balaban J connectivity index is 2.33. The van der Waals surface area contributed by atoms with Gasteiger partial charge in [0.1, 0.15) is 11.4 Å². The molecule has 1 aliphatic heterocycles. The summed E-state index contributed by atoms with van der Waals surface area (Å²) in [5.41, 5.74) is 0.279. The third kappa shape index (κ3) is 3.84. The summed E-state index contributed by atoms with van der Waals surface area (Å²) < 4.78 is 10.9. The van der Waals surface area contributed by atoms with Gasteiger partial charge in [-0.25, -0.2) is 4.79 Å². The maximum Gasteiger partial charge on any atom is 0.410 e. The highest BCUT2D eigenvalue weighted by molar-refractivity contribution is 6.31. The van der Waals surface area contributed by atoms with E-state index < -0.39 is 5.60 Å². The normalized spacial score (nSPS) is 19.0. The number of benzene rings is 1. The topological polar surface area (TPSA) is 50.8 Å². The maximum absolute atomic E-state index is 12.5. The van der Waals surface area contributed by atoms with Gasteiger partial charge in [0.2, 0.25) is 0 Å². The minimum absolute atomic E-state index is 0.216. The maximum atomic E-state index is 12.5. The number of hydrogen-bond acceptors (Lipinski definition) is 4. The van der Waals surface area contributed by atoms with Crippen molar-refractivity contribution in [1.82, 2.24) is 10.2 Å². The lowest BCUT2D eigenvalue weighted by Crippen LogP contribution is -2.50. The van der Waals surface area contributed by atoms with Gasteiger partial charge in [0.15, 0.2) is 0 Å². The first-order valence-corrected chi connectivity index (χ1v) is 7.74. The van der Waals surface area contributed by atoms with E-state index in [9.17, 15) is 4.79 Å². The molecule has 0 bridgehead atoms. The first-order chi connectivity index (χ1) is 10.3. The van der Waals surface area contributed by atoms with Crippen LogP contribution in [-0.4, -0.2) is 43.3 Å². The first-order valence-electron chi connectivity index (χ1n) is 7.36. The molecule has 6 heteroatoms. The molecular weight excluding hydrogens is 304 g/mol. The summed E-state index contributed by atoms with van der Waals surface area (Å²) in [7, 11) is 1.60. The van der Waals surface area contributed by atoms with Crippen molar-refractivity contribution in [2.24, 2.45) is 0 Å². The number of halogens is 1. The van der Waals surface area contributed by atoms with Gasteiger partial charge in [0, 0.05) is 30.2 Å². The van der Waals surface area contributed by atoms with Crippen LogP contribution >= 0.6 is 11.6 Å². The molecule has 22 heavy (non-hydrogen) atoms. The Hall–Kier alpha value is -1.46. The number of nitrogens with zero attached hydrogens (tertiary/aromatic N) is 1. The summed E-state index contributed by atoms with van der Waals surface area (Å²) in [5.74, 6) is 0.676. The number of carbonyl (C=O) groups is 1. The van der Waals surface area contributed by atoms with Gasteiger partial charge in [0.25, 0.3) is 0 Å². The minimum Gasteiger partial charge on any atom is -0.496 e. The van der Waals surface area contributed by atoms with E-state index in [2.05, 4.69) is 5.32 Å². The third-order valence-electron chi connectivity index (χ3n) is 3.44. The van der Waals surface area contributed by atoms with Crippen molar-refractivity contribution in [3.63, 3.8) is 0 Å². The largest absolute Gasteiger partial charge is 0.496 e. The number of rotatable bonds is 2. The molecule has 5 nitrogen and oxygen atoms in total. The second-order valence-electron chi connectivity index (χ2n) is 6.25. The Morgan fingerprint density at radius 2 is 2.14 bits per heavy atom. The highest BCUT2D eigenvalue weighted by Gasteiger charge is 2.34. The van der Waals surface area contributed by atoms with Crippen molar-refractivity contribution in [3.8, 4) is 5.75 Å². The van der Waals surface area contributed by atoms with Crippen LogP contribution < -0.4 is 10.1 Å². The predicted octanol–water partition coefficient (Wildman–Crippen LogP) is 3.23. The average Bonchev–Trinajstić information content (AvgIpc) is 2.45. The number of hydrogen-bond donors (Lipinski definition) is 1. The molecule has 122 valence electrons. The van der Waals surface area contributed by atoms with E-state index in [4.69, 9.17) is 21.1 Å². The number of piperazine rings is 1. The Labute approximate surface area is 136 Å². The molecule has 1 aromatic rings. The molecule has 0 aliphatic carbocycles. The Bertz CT molecular complexity index is 543. The number of methoxy groups -OCH3 is 1. The van der Waals surface area contributed by atoms with Gasteiger partial charge in [-0.1, -0.05) is 17.7 Å². The van der Waals surface area contributed by atoms with E-state index in [1.165, 1.54) is 0 Å². The zero-order valence-corrected chi connectivity index (χ0v) is 14.2. The van der Waals surface area contributed by atoms with Gasteiger partial charge >= 0.3 is 6.09 Å². The Kier molecular flexibility index (Phi) is 5.19. The fourth-order valence-corrected chi connectivity index (χ4v) is 2.81. The molecule has 0 aromatic heterocycles. The minimum atomic E-state index is -0.531. The lowest BCUT2D eigenvalue weighted by atomic mass is 10.0. The van der Waals surface area contributed by atoms with Crippen LogP contribution in [0.25, 0.3) is 0 Å². The van der Waals surface area contributed by atoms with Crippen molar-refractivity contribution in [2.45, 2.75) is 32.4 Å². The van der Waals surface area contributed by atoms with Crippen LogP contribution in [0.3, 0.4) is 0 Å². The van der Waals surface area contributed by atoms with Gasteiger partial charge in [-0.2, -0.15) is 0 Å². The number of nitrogens with one attached hydrogen (secondary N) is 1. The van der Waals surface area contributed by atoms with Crippen molar-refractivity contribution in [2.75, 3.05) is 26.7 Å².